The minimum atomic E-state index is -1.11. The predicted octanol–water partition coefficient (Wildman–Crippen LogP) is 3.64. The summed E-state index contributed by atoms with van der Waals surface area (Å²) in [5, 5.41) is 11.8. The Balaban J connectivity index is 1.67. The van der Waals surface area contributed by atoms with Crippen LogP contribution in [-0.4, -0.2) is 31.1 Å². The third-order valence-electron chi connectivity index (χ3n) is 4.13. The summed E-state index contributed by atoms with van der Waals surface area (Å²) >= 11 is 0. The number of nitrogens with zero attached hydrogens (tertiary/aromatic N) is 1. The van der Waals surface area contributed by atoms with Crippen LogP contribution < -0.4 is 10.2 Å². The first-order valence-electron chi connectivity index (χ1n) is 8.42. The maximum absolute atomic E-state index is 12.3. The second-order valence-electron chi connectivity index (χ2n) is 6.29. The zero-order valence-electron chi connectivity index (χ0n) is 15.1. The molecule has 2 aromatic carbocycles. The van der Waals surface area contributed by atoms with Crippen LogP contribution in [0.15, 0.2) is 65.1 Å². The molecule has 3 rings (SSSR count). The second kappa shape index (κ2) is 7.78. The second-order valence-corrected chi connectivity index (χ2v) is 6.29. The fourth-order valence-electron chi connectivity index (χ4n) is 2.64. The number of hydrogen-bond donors (Lipinski definition) is 2. The molecule has 0 spiro atoms. The SMILES string of the molecule is CN(C)c1ccc(C(=O)NCc2cccc(-c3ccc(C(=O)O)o3)c2)cc1. The Hall–Kier alpha value is -3.54. The van der Waals surface area contributed by atoms with E-state index in [0.717, 1.165) is 16.8 Å². The summed E-state index contributed by atoms with van der Waals surface area (Å²) in [6.45, 7) is 0.356. The number of anilines is 1. The van der Waals surface area contributed by atoms with Gasteiger partial charge in [0.15, 0.2) is 0 Å². The number of amides is 1. The molecule has 138 valence electrons. The van der Waals surface area contributed by atoms with E-state index >= 15 is 0 Å². The van der Waals surface area contributed by atoms with Gasteiger partial charge in [-0.25, -0.2) is 4.79 Å². The molecule has 6 heteroatoms. The number of nitrogens with one attached hydrogen (secondary N) is 1. The minimum absolute atomic E-state index is 0.107. The van der Waals surface area contributed by atoms with Gasteiger partial charge in [0.25, 0.3) is 5.91 Å². The normalized spacial score (nSPS) is 10.4. The van der Waals surface area contributed by atoms with E-state index in [0.29, 0.717) is 17.9 Å². The number of aromatic carboxylic acids is 1. The fourth-order valence-corrected chi connectivity index (χ4v) is 2.64. The van der Waals surface area contributed by atoms with Crippen LogP contribution in [0.4, 0.5) is 5.69 Å². The molecule has 3 aromatic rings. The molecule has 0 radical (unpaired) electrons. The van der Waals surface area contributed by atoms with Crippen molar-refractivity contribution in [2.24, 2.45) is 0 Å². The standard InChI is InChI=1S/C21H20N2O4/c1-23(2)17-8-6-15(7-9-17)20(24)22-13-14-4-3-5-16(12-14)18-10-11-19(27-18)21(25)26/h3-12H,13H2,1-2H3,(H,22,24)(H,25,26). The lowest BCUT2D eigenvalue weighted by molar-refractivity contribution is 0.0663. The molecular formula is C21H20N2O4. The van der Waals surface area contributed by atoms with Crippen molar-refractivity contribution >= 4 is 17.6 Å². The van der Waals surface area contributed by atoms with Gasteiger partial charge in [-0.15, -0.1) is 0 Å². The van der Waals surface area contributed by atoms with Crippen LogP contribution in [0.2, 0.25) is 0 Å². The molecule has 27 heavy (non-hydrogen) atoms. The summed E-state index contributed by atoms with van der Waals surface area (Å²) in [6.07, 6.45) is 0. The Bertz CT molecular complexity index is 958. The topological polar surface area (TPSA) is 82.8 Å². The molecule has 6 nitrogen and oxygen atoms in total. The Morgan fingerprint density at radius 2 is 1.78 bits per heavy atom. The third-order valence-corrected chi connectivity index (χ3v) is 4.13. The molecule has 0 saturated heterocycles. The van der Waals surface area contributed by atoms with E-state index in [1.54, 1.807) is 18.2 Å². The first-order chi connectivity index (χ1) is 12.9. The number of carboxylic acids is 1. The van der Waals surface area contributed by atoms with E-state index in [2.05, 4.69) is 5.32 Å². The van der Waals surface area contributed by atoms with Gasteiger partial charge in [-0.2, -0.15) is 0 Å². The Kier molecular flexibility index (Phi) is 5.26. The van der Waals surface area contributed by atoms with Gasteiger partial charge < -0.3 is 19.7 Å². The molecule has 0 fully saturated rings. The van der Waals surface area contributed by atoms with Crippen molar-refractivity contribution in [3.63, 3.8) is 0 Å². The van der Waals surface area contributed by atoms with Crippen molar-refractivity contribution in [1.82, 2.24) is 5.32 Å². The maximum atomic E-state index is 12.3. The van der Waals surface area contributed by atoms with Crippen LogP contribution in [0.25, 0.3) is 11.3 Å². The smallest absolute Gasteiger partial charge is 0.371 e. The highest BCUT2D eigenvalue weighted by Gasteiger charge is 2.11. The summed E-state index contributed by atoms with van der Waals surface area (Å²) in [6, 6.07) is 17.8. The molecule has 0 bridgehead atoms. The Labute approximate surface area is 157 Å². The third kappa shape index (κ3) is 4.36. The lowest BCUT2D eigenvalue weighted by Crippen LogP contribution is -2.22. The van der Waals surface area contributed by atoms with Crippen LogP contribution in [0.5, 0.6) is 0 Å². The molecule has 1 heterocycles. The molecule has 1 aromatic heterocycles. The van der Waals surface area contributed by atoms with E-state index < -0.39 is 5.97 Å². The van der Waals surface area contributed by atoms with Crippen molar-refractivity contribution in [2.45, 2.75) is 6.54 Å². The predicted molar refractivity (Wildman–Crippen MR) is 103 cm³/mol. The van der Waals surface area contributed by atoms with Crippen molar-refractivity contribution in [1.29, 1.82) is 0 Å². The first-order valence-corrected chi connectivity index (χ1v) is 8.42. The number of carbonyl (C=O) groups is 2. The molecule has 0 aliphatic carbocycles. The van der Waals surface area contributed by atoms with E-state index in [1.165, 1.54) is 6.07 Å². The van der Waals surface area contributed by atoms with Crippen molar-refractivity contribution in [3.8, 4) is 11.3 Å². The summed E-state index contributed by atoms with van der Waals surface area (Å²) in [5.74, 6) is -0.897. The molecule has 0 aliphatic heterocycles. The largest absolute Gasteiger partial charge is 0.475 e. The molecule has 2 N–H and O–H groups in total. The van der Waals surface area contributed by atoms with Crippen molar-refractivity contribution in [2.75, 3.05) is 19.0 Å². The van der Waals surface area contributed by atoms with Gasteiger partial charge in [0.05, 0.1) is 0 Å². The molecule has 0 saturated carbocycles. The fraction of sp³-hybridized carbons (Fsp3) is 0.143. The highest BCUT2D eigenvalue weighted by molar-refractivity contribution is 5.94. The van der Waals surface area contributed by atoms with Crippen LogP contribution in [-0.2, 0) is 6.54 Å². The van der Waals surface area contributed by atoms with Gasteiger partial charge in [-0.05, 0) is 48.0 Å². The van der Waals surface area contributed by atoms with Gasteiger partial charge in [0.2, 0.25) is 5.76 Å². The van der Waals surface area contributed by atoms with Gasteiger partial charge in [0.1, 0.15) is 5.76 Å². The van der Waals surface area contributed by atoms with Gasteiger partial charge in [-0.3, -0.25) is 4.79 Å². The van der Waals surface area contributed by atoms with Crippen LogP contribution >= 0.6 is 0 Å². The average Bonchev–Trinajstić information content (AvgIpc) is 3.17. The number of furan rings is 1. The molecule has 1 amide bonds. The number of benzene rings is 2. The quantitative estimate of drug-likeness (QED) is 0.698. The molecular weight excluding hydrogens is 344 g/mol. The van der Waals surface area contributed by atoms with E-state index in [1.807, 2.05) is 55.4 Å². The molecule has 0 unspecified atom stereocenters. The monoisotopic (exact) mass is 364 g/mol. The number of rotatable bonds is 6. The van der Waals surface area contributed by atoms with E-state index in [9.17, 15) is 9.59 Å². The van der Waals surface area contributed by atoms with E-state index in [-0.39, 0.29) is 11.7 Å². The number of carboxylic acid groups (broad SMARTS) is 1. The van der Waals surface area contributed by atoms with Crippen LogP contribution in [0, 0.1) is 0 Å². The Morgan fingerprint density at radius 3 is 2.41 bits per heavy atom. The summed E-state index contributed by atoms with van der Waals surface area (Å²) < 4.78 is 5.32. The minimum Gasteiger partial charge on any atom is -0.475 e. The Morgan fingerprint density at radius 1 is 1.04 bits per heavy atom. The summed E-state index contributed by atoms with van der Waals surface area (Å²) in [4.78, 5) is 25.2. The lowest BCUT2D eigenvalue weighted by atomic mass is 10.1. The van der Waals surface area contributed by atoms with Gasteiger partial charge in [0, 0.05) is 37.5 Å². The lowest BCUT2D eigenvalue weighted by Gasteiger charge is -2.12. The number of hydrogen-bond acceptors (Lipinski definition) is 4. The summed E-state index contributed by atoms with van der Waals surface area (Å²) in [7, 11) is 3.89. The maximum Gasteiger partial charge on any atom is 0.371 e. The highest BCUT2D eigenvalue weighted by Crippen LogP contribution is 2.23. The first kappa shape index (κ1) is 18.3. The van der Waals surface area contributed by atoms with Crippen molar-refractivity contribution in [3.05, 3.63) is 77.6 Å². The average molecular weight is 364 g/mol. The summed E-state index contributed by atoms with van der Waals surface area (Å²) in [5.41, 5.74) is 3.26. The highest BCUT2D eigenvalue weighted by atomic mass is 16.4. The zero-order valence-corrected chi connectivity index (χ0v) is 15.1. The van der Waals surface area contributed by atoms with E-state index in [4.69, 9.17) is 9.52 Å². The zero-order chi connectivity index (χ0) is 19.4. The van der Waals surface area contributed by atoms with Crippen molar-refractivity contribution < 1.29 is 19.1 Å². The van der Waals surface area contributed by atoms with Crippen LogP contribution in [0.1, 0.15) is 26.5 Å². The van der Waals surface area contributed by atoms with Gasteiger partial charge >= 0.3 is 5.97 Å². The molecule has 0 aliphatic rings. The van der Waals surface area contributed by atoms with Gasteiger partial charge in [-0.1, -0.05) is 18.2 Å². The van der Waals surface area contributed by atoms with Crippen LogP contribution in [0.3, 0.4) is 0 Å². The number of carbonyl (C=O) groups excluding carboxylic acids is 1. The molecule has 0 atom stereocenters.